The Morgan fingerprint density at radius 2 is 1.29 bits per heavy atom. The summed E-state index contributed by atoms with van der Waals surface area (Å²) in [5, 5.41) is 26.6. The highest BCUT2D eigenvalue weighted by Crippen LogP contribution is 2.05. The van der Waals surface area contributed by atoms with Crippen LogP contribution in [0.25, 0.3) is 0 Å². The highest BCUT2D eigenvalue weighted by Gasteiger charge is 2.23. The Bertz CT molecular complexity index is 127. The number of hydrogen-bond acceptors (Lipinski definition) is 3. The highest BCUT2D eigenvalue weighted by atomic mass is 79.9. The van der Waals surface area contributed by atoms with Gasteiger partial charge in [-0.1, -0.05) is 6.58 Å². The zero-order valence-corrected chi connectivity index (χ0v) is 9.99. The maximum atomic E-state index is 8.87. The minimum Gasteiger partial charge on any atom is -1.00 e. The summed E-state index contributed by atoms with van der Waals surface area (Å²) in [7, 11) is 0. The molecule has 0 bridgehead atoms. The molecule has 0 aliphatic heterocycles. The Hall–Kier alpha value is 0.0600. The lowest BCUT2D eigenvalue weighted by atomic mass is 10.3. The van der Waals surface area contributed by atoms with Crippen molar-refractivity contribution in [2.24, 2.45) is 0 Å². The monoisotopic (exact) mass is 269 g/mol. The van der Waals surface area contributed by atoms with Gasteiger partial charge in [0, 0.05) is 0 Å². The molecule has 0 heterocycles. The van der Waals surface area contributed by atoms with Crippen LogP contribution in [0.2, 0.25) is 0 Å². The van der Waals surface area contributed by atoms with Gasteiger partial charge in [-0.25, -0.2) is 0 Å². The van der Waals surface area contributed by atoms with Crippen LogP contribution >= 0.6 is 0 Å². The molecule has 0 aromatic heterocycles. The summed E-state index contributed by atoms with van der Waals surface area (Å²) in [6, 6.07) is 0. The Morgan fingerprint density at radius 3 is 1.50 bits per heavy atom. The Labute approximate surface area is 95.8 Å². The maximum Gasteiger partial charge on any atom is 0.102 e. The zero-order chi connectivity index (χ0) is 10.2. The van der Waals surface area contributed by atoms with Gasteiger partial charge in [0.15, 0.2) is 0 Å². The van der Waals surface area contributed by atoms with Crippen LogP contribution < -0.4 is 17.0 Å². The maximum absolute atomic E-state index is 8.87. The fraction of sp³-hybridized carbons (Fsp3) is 0.778. The second-order valence-electron chi connectivity index (χ2n) is 3.15. The molecule has 0 atom stereocenters. The minimum absolute atomic E-state index is 0. The molecule has 0 rings (SSSR count). The van der Waals surface area contributed by atoms with E-state index in [-0.39, 0.29) is 36.8 Å². The predicted octanol–water partition coefficient (Wildman–Crippen LogP) is -4.03. The van der Waals surface area contributed by atoms with Crippen molar-refractivity contribution in [3.63, 3.8) is 0 Å². The average molecular weight is 270 g/mol. The number of nitrogens with zero attached hydrogens (tertiary/aromatic N) is 1. The standard InChI is InChI=1S/C9H20NO3.BrH/c1-2-3-10(4-7-11,5-8-12)6-9-13;/h2,11-13H,1,3-9H2;1H/q+1;/p-1. The van der Waals surface area contributed by atoms with Crippen molar-refractivity contribution >= 4 is 0 Å². The lowest BCUT2D eigenvalue weighted by molar-refractivity contribution is -0.923. The summed E-state index contributed by atoms with van der Waals surface area (Å²) >= 11 is 0. The van der Waals surface area contributed by atoms with Gasteiger partial charge in [0.05, 0.1) is 26.4 Å². The molecule has 0 unspecified atom stereocenters. The molecule has 0 aliphatic rings. The van der Waals surface area contributed by atoms with Gasteiger partial charge in [-0.3, -0.25) is 0 Å². The van der Waals surface area contributed by atoms with E-state index in [1.165, 1.54) is 0 Å². The van der Waals surface area contributed by atoms with Gasteiger partial charge >= 0.3 is 0 Å². The number of aliphatic hydroxyl groups is 3. The summed E-state index contributed by atoms with van der Waals surface area (Å²) in [6.07, 6.45) is 1.75. The Morgan fingerprint density at radius 1 is 0.929 bits per heavy atom. The first-order valence-electron chi connectivity index (χ1n) is 4.53. The van der Waals surface area contributed by atoms with Crippen molar-refractivity contribution in [3.8, 4) is 0 Å². The number of aliphatic hydroxyl groups excluding tert-OH is 3. The Kier molecular flexibility index (Phi) is 11.3. The summed E-state index contributed by atoms with van der Waals surface area (Å²) < 4.78 is 0.507. The molecule has 14 heavy (non-hydrogen) atoms. The van der Waals surface area contributed by atoms with Gasteiger partial charge < -0.3 is 36.8 Å². The third kappa shape index (κ3) is 5.72. The van der Waals surface area contributed by atoms with Gasteiger partial charge in [-0.05, 0) is 6.08 Å². The number of halogens is 1. The first-order chi connectivity index (χ1) is 6.24. The van der Waals surface area contributed by atoms with E-state index in [0.29, 0.717) is 30.7 Å². The normalized spacial score (nSPS) is 10.8. The summed E-state index contributed by atoms with van der Waals surface area (Å²) in [4.78, 5) is 0. The van der Waals surface area contributed by atoms with Crippen LogP contribution in [-0.2, 0) is 0 Å². The zero-order valence-electron chi connectivity index (χ0n) is 8.40. The van der Waals surface area contributed by atoms with E-state index in [1.807, 2.05) is 0 Å². The predicted molar refractivity (Wildman–Crippen MR) is 51.2 cm³/mol. The van der Waals surface area contributed by atoms with E-state index < -0.39 is 0 Å². The fourth-order valence-electron chi connectivity index (χ4n) is 1.52. The second-order valence-corrected chi connectivity index (χ2v) is 3.15. The van der Waals surface area contributed by atoms with Crippen molar-refractivity contribution < 1.29 is 36.8 Å². The molecule has 0 aliphatic carbocycles. The lowest BCUT2D eigenvalue weighted by Crippen LogP contribution is -3.00. The first kappa shape index (κ1) is 16.5. The molecule has 0 aromatic rings. The topological polar surface area (TPSA) is 60.7 Å². The number of quaternary nitrogens is 1. The largest absolute Gasteiger partial charge is 1.00 e. The van der Waals surface area contributed by atoms with E-state index in [9.17, 15) is 0 Å². The second kappa shape index (κ2) is 9.61. The van der Waals surface area contributed by atoms with Crippen molar-refractivity contribution in [3.05, 3.63) is 12.7 Å². The quantitative estimate of drug-likeness (QED) is 0.311. The molecule has 4 nitrogen and oxygen atoms in total. The van der Waals surface area contributed by atoms with E-state index >= 15 is 0 Å². The van der Waals surface area contributed by atoms with Crippen molar-refractivity contribution in [1.29, 1.82) is 0 Å². The van der Waals surface area contributed by atoms with Crippen molar-refractivity contribution in [1.82, 2.24) is 0 Å². The average Bonchev–Trinajstić information content (AvgIpc) is 2.06. The molecule has 0 radical (unpaired) electrons. The van der Waals surface area contributed by atoms with Gasteiger partial charge in [0.1, 0.15) is 19.6 Å². The van der Waals surface area contributed by atoms with Crippen LogP contribution in [0.4, 0.5) is 0 Å². The lowest BCUT2D eigenvalue weighted by Gasteiger charge is -2.36. The molecular formula is C9H20BrNO3. The molecule has 0 amide bonds. The van der Waals surface area contributed by atoms with Crippen molar-refractivity contribution in [2.75, 3.05) is 46.0 Å². The van der Waals surface area contributed by atoms with E-state index in [0.717, 1.165) is 0 Å². The first-order valence-corrected chi connectivity index (χ1v) is 4.53. The summed E-state index contributed by atoms with van der Waals surface area (Å²) in [6.45, 7) is 6.14. The molecule has 3 N–H and O–H groups in total. The molecule has 0 aromatic carbocycles. The molecule has 0 spiro atoms. The van der Waals surface area contributed by atoms with E-state index in [2.05, 4.69) is 6.58 Å². The highest BCUT2D eigenvalue weighted by molar-refractivity contribution is 4.66. The van der Waals surface area contributed by atoms with E-state index in [1.54, 1.807) is 6.08 Å². The van der Waals surface area contributed by atoms with Crippen LogP contribution in [0.1, 0.15) is 0 Å². The van der Waals surface area contributed by atoms with Crippen LogP contribution in [0.5, 0.6) is 0 Å². The fourth-order valence-corrected chi connectivity index (χ4v) is 1.52. The van der Waals surface area contributed by atoms with Gasteiger partial charge in [-0.2, -0.15) is 0 Å². The minimum atomic E-state index is 0. The Balaban J connectivity index is 0. The molecule has 0 saturated heterocycles. The van der Waals surface area contributed by atoms with Gasteiger partial charge in [-0.15, -0.1) is 0 Å². The molecule has 0 fully saturated rings. The third-order valence-electron chi connectivity index (χ3n) is 2.24. The SMILES string of the molecule is C=CC[N+](CCO)(CCO)CCO.[Br-]. The number of hydrogen-bond donors (Lipinski definition) is 3. The van der Waals surface area contributed by atoms with Crippen LogP contribution in [0.3, 0.4) is 0 Å². The number of rotatable bonds is 8. The van der Waals surface area contributed by atoms with Crippen LogP contribution in [-0.4, -0.2) is 65.8 Å². The van der Waals surface area contributed by atoms with Gasteiger partial charge in [0.2, 0.25) is 0 Å². The smallest absolute Gasteiger partial charge is 0.102 e. The third-order valence-corrected chi connectivity index (χ3v) is 2.24. The molecule has 5 heteroatoms. The molecule has 86 valence electrons. The van der Waals surface area contributed by atoms with Crippen LogP contribution in [0, 0.1) is 0 Å². The van der Waals surface area contributed by atoms with Crippen molar-refractivity contribution in [2.45, 2.75) is 0 Å². The summed E-state index contributed by atoms with van der Waals surface area (Å²) in [5.41, 5.74) is 0. The molecular weight excluding hydrogens is 250 g/mol. The van der Waals surface area contributed by atoms with Gasteiger partial charge in [0.25, 0.3) is 0 Å². The summed E-state index contributed by atoms with van der Waals surface area (Å²) in [5.74, 6) is 0. The molecule has 0 saturated carbocycles. The van der Waals surface area contributed by atoms with Crippen LogP contribution in [0.15, 0.2) is 12.7 Å². The van der Waals surface area contributed by atoms with E-state index in [4.69, 9.17) is 15.3 Å².